The number of nitrogens with zero attached hydrogens (tertiary/aromatic N) is 2. The fourth-order valence-corrected chi connectivity index (χ4v) is 1.74. The van der Waals surface area contributed by atoms with Gasteiger partial charge in [0.1, 0.15) is 17.5 Å². The first-order valence-electron chi connectivity index (χ1n) is 6.05. The van der Waals surface area contributed by atoms with Gasteiger partial charge in [-0.1, -0.05) is 0 Å². The Kier molecular flexibility index (Phi) is 3.78. The quantitative estimate of drug-likeness (QED) is 0.789. The van der Waals surface area contributed by atoms with Gasteiger partial charge < -0.3 is 15.4 Å². The lowest BCUT2D eigenvalue weighted by Crippen LogP contribution is -2.22. The molecule has 1 aromatic heterocycles. The molecule has 0 spiro atoms. The van der Waals surface area contributed by atoms with Crippen LogP contribution in [0.25, 0.3) is 0 Å². The summed E-state index contributed by atoms with van der Waals surface area (Å²) < 4.78 is 5.10. The highest BCUT2D eigenvalue weighted by atomic mass is 16.5. The van der Waals surface area contributed by atoms with Gasteiger partial charge in [0.15, 0.2) is 0 Å². The van der Waals surface area contributed by atoms with E-state index in [2.05, 4.69) is 27.5 Å². The Hall–Kier alpha value is -1.36. The molecule has 0 saturated heterocycles. The Bertz CT molecular complexity index is 379. The van der Waals surface area contributed by atoms with Gasteiger partial charge in [0, 0.05) is 32.2 Å². The van der Waals surface area contributed by atoms with Crippen molar-refractivity contribution in [1.29, 1.82) is 0 Å². The van der Waals surface area contributed by atoms with Crippen molar-refractivity contribution in [2.24, 2.45) is 0 Å². The highest BCUT2D eigenvalue weighted by Crippen LogP contribution is 2.38. The van der Waals surface area contributed by atoms with Gasteiger partial charge in [-0.2, -0.15) is 0 Å². The van der Waals surface area contributed by atoms with Crippen LogP contribution >= 0.6 is 0 Å². The molecule has 0 aromatic carbocycles. The predicted octanol–water partition coefficient (Wildman–Crippen LogP) is 1.84. The molecule has 2 rings (SSSR count). The average Bonchev–Trinajstić information content (AvgIpc) is 3.12. The van der Waals surface area contributed by atoms with Crippen molar-refractivity contribution >= 4 is 11.6 Å². The van der Waals surface area contributed by atoms with Crippen LogP contribution in [0.5, 0.6) is 0 Å². The number of anilines is 2. The summed E-state index contributed by atoms with van der Waals surface area (Å²) >= 11 is 0. The fourth-order valence-electron chi connectivity index (χ4n) is 1.74. The monoisotopic (exact) mass is 236 g/mol. The summed E-state index contributed by atoms with van der Waals surface area (Å²) in [6.45, 7) is 2.74. The van der Waals surface area contributed by atoms with Crippen molar-refractivity contribution in [1.82, 2.24) is 9.97 Å². The molecule has 0 aliphatic heterocycles. The zero-order chi connectivity index (χ0) is 12.3. The molecule has 1 aliphatic carbocycles. The first kappa shape index (κ1) is 12.1. The molecular formula is C12H20N4O. The van der Waals surface area contributed by atoms with Crippen LogP contribution in [0.3, 0.4) is 0 Å². The van der Waals surface area contributed by atoms with Gasteiger partial charge in [0.25, 0.3) is 0 Å². The second-order valence-corrected chi connectivity index (χ2v) is 4.52. The Morgan fingerprint density at radius 3 is 2.71 bits per heavy atom. The minimum atomic E-state index is 0.242. The number of ether oxygens (including phenoxy) is 1. The molecule has 5 nitrogen and oxygen atoms in total. The van der Waals surface area contributed by atoms with Gasteiger partial charge in [0.2, 0.25) is 0 Å². The van der Waals surface area contributed by atoms with Crippen LogP contribution < -0.4 is 10.6 Å². The van der Waals surface area contributed by atoms with Gasteiger partial charge in [-0.3, -0.25) is 0 Å². The van der Waals surface area contributed by atoms with E-state index in [9.17, 15) is 0 Å². The highest BCUT2D eigenvalue weighted by molar-refractivity contribution is 5.48. The molecule has 2 N–H and O–H groups in total. The third-order valence-electron chi connectivity index (χ3n) is 2.75. The molecule has 1 atom stereocenters. The lowest BCUT2D eigenvalue weighted by molar-refractivity contribution is 0.190. The summed E-state index contributed by atoms with van der Waals surface area (Å²) in [5, 5.41) is 6.40. The molecular weight excluding hydrogens is 216 g/mol. The van der Waals surface area contributed by atoms with E-state index in [1.165, 1.54) is 12.8 Å². The maximum Gasteiger partial charge on any atom is 0.136 e. The second kappa shape index (κ2) is 5.31. The molecule has 1 fully saturated rings. The van der Waals surface area contributed by atoms with Gasteiger partial charge >= 0.3 is 0 Å². The van der Waals surface area contributed by atoms with Crippen molar-refractivity contribution < 1.29 is 4.74 Å². The number of rotatable bonds is 6. The van der Waals surface area contributed by atoms with Crippen molar-refractivity contribution in [3.63, 3.8) is 0 Å². The summed E-state index contributed by atoms with van der Waals surface area (Å²) in [4.78, 5) is 9.02. The van der Waals surface area contributed by atoms with Crippen LogP contribution in [0.2, 0.25) is 0 Å². The highest BCUT2D eigenvalue weighted by Gasteiger charge is 2.27. The molecule has 0 bridgehead atoms. The molecule has 1 saturated carbocycles. The Morgan fingerprint density at radius 2 is 2.12 bits per heavy atom. The van der Waals surface area contributed by atoms with E-state index < -0.39 is 0 Å². The standard InChI is InChI=1S/C12H20N4O/c1-8(7-17-3)14-11-6-10(13-2)15-12(16-11)9-4-5-9/h6,8-9H,4-5,7H2,1-3H3,(H2,13,14,15,16)/t8-/m1/s1. The Balaban J connectivity index is 2.11. The molecule has 0 amide bonds. The third kappa shape index (κ3) is 3.30. The van der Waals surface area contributed by atoms with Gasteiger partial charge in [-0.05, 0) is 19.8 Å². The Morgan fingerprint density at radius 1 is 1.41 bits per heavy atom. The lowest BCUT2D eigenvalue weighted by atomic mass is 10.3. The van der Waals surface area contributed by atoms with Crippen molar-refractivity contribution in [3.8, 4) is 0 Å². The zero-order valence-corrected chi connectivity index (χ0v) is 10.7. The smallest absolute Gasteiger partial charge is 0.136 e. The van der Waals surface area contributed by atoms with Crippen LogP contribution in [0.15, 0.2) is 6.07 Å². The minimum absolute atomic E-state index is 0.242. The summed E-state index contributed by atoms with van der Waals surface area (Å²) in [7, 11) is 3.58. The zero-order valence-electron chi connectivity index (χ0n) is 10.7. The van der Waals surface area contributed by atoms with E-state index in [4.69, 9.17) is 4.74 Å². The minimum Gasteiger partial charge on any atom is -0.383 e. The number of methoxy groups -OCH3 is 1. The molecule has 1 heterocycles. The topological polar surface area (TPSA) is 59.1 Å². The van der Waals surface area contributed by atoms with Crippen LogP contribution in [-0.2, 0) is 4.74 Å². The molecule has 5 heteroatoms. The SMILES string of the molecule is CNc1cc(N[C@H](C)COC)nc(C2CC2)n1. The third-order valence-corrected chi connectivity index (χ3v) is 2.75. The summed E-state index contributed by atoms with van der Waals surface area (Å²) in [6.07, 6.45) is 2.42. The number of hydrogen-bond donors (Lipinski definition) is 2. The van der Waals surface area contributed by atoms with E-state index >= 15 is 0 Å². The van der Waals surface area contributed by atoms with Gasteiger partial charge in [-0.15, -0.1) is 0 Å². The molecule has 1 aliphatic rings. The Labute approximate surface area is 102 Å². The maximum absolute atomic E-state index is 5.10. The summed E-state index contributed by atoms with van der Waals surface area (Å²) in [5.74, 6) is 3.25. The van der Waals surface area contributed by atoms with E-state index in [0.29, 0.717) is 12.5 Å². The van der Waals surface area contributed by atoms with Crippen molar-refractivity contribution in [2.45, 2.75) is 31.7 Å². The van der Waals surface area contributed by atoms with Crippen LogP contribution in [0.4, 0.5) is 11.6 Å². The number of hydrogen-bond acceptors (Lipinski definition) is 5. The van der Waals surface area contributed by atoms with E-state index in [1.807, 2.05) is 13.1 Å². The molecule has 17 heavy (non-hydrogen) atoms. The van der Waals surface area contributed by atoms with E-state index in [0.717, 1.165) is 17.5 Å². The van der Waals surface area contributed by atoms with E-state index in [-0.39, 0.29) is 6.04 Å². The van der Waals surface area contributed by atoms with Gasteiger partial charge in [-0.25, -0.2) is 9.97 Å². The van der Waals surface area contributed by atoms with Crippen LogP contribution in [0.1, 0.15) is 31.5 Å². The fraction of sp³-hybridized carbons (Fsp3) is 0.667. The summed E-state index contributed by atoms with van der Waals surface area (Å²) in [5.41, 5.74) is 0. The first-order valence-corrected chi connectivity index (χ1v) is 6.05. The average molecular weight is 236 g/mol. The number of nitrogens with one attached hydrogen (secondary N) is 2. The van der Waals surface area contributed by atoms with Crippen LogP contribution in [0, 0.1) is 0 Å². The molecule has 94 valence electrons. The molecule has 1 aromatic rings. The van der Waals surface area contributed by atoms with Crippen LogP contribution in [-0.4, -0.2) is 36.8 Å². The first-order chi connectivity index (χ1) is 8.22. The lowest BCUT2D eigenvalue weighted by Gasteiger charge is -2.14. The normalized spacial score (nSPS) is 16.6. The predicted molar refractivity (Wildman–Crippen MR) is 68.5 cm³/mol. The maximum atomic E-state index is 5.10. The van der Waals surface area contributed by atoms with E-state index in [1.54, 1.807) is 7.11 Å². The van der Waals surface area contributed by atoms with Crippen molar-refractivity contribution in [3.05, 3.63) is 11.9 Å². The number of aromatic nitrogens is 2. The molecule has 0 radical (unpaired) electrons. The molecule has 0 unspecified atom stereocenters. The second-order valence-electron chi connectivity index (χ2n) is 4.52. The summed E-state index contributed by atoms with van der Waals surface area (Å²) in [6, 6.07) is 2.17. The van der Waals surface area contributed by atoms with Crippen molar-refractivity contribution in [2.75, 3.05) is 31.4 Å². The van der Waals surface area contributed by atoms with Gasteiger partial charge in [0.05, 0.1) is 6.61 Å². The largest absolute Gasteiger partial charge is 0.383 e.